The number of halogens is 1. The van der Waals surface area contributed by atoms with Crippen LogP contribution < -0.4 is 5.73 Å². The molecule has 0 aromatic heterocycles. The molecule has 0 radical (unpaired) electrons. The Labute approximate surface area is 113 Å². The van der Waals surface area contributed by atoms with Gasteiger partial charge >= 0.3 is 0 Å². The molecule has 98 valence electrons. The zero-order chi connectivity index (χ0) is 13.3. The average Bonchev–Trinajstić information content (AvgIpc) is 3.23. The minimum atomic E-state index is -0.132. The second-order valence-corrected chi connectivity index (χ2v) is 5.45. The van der Waals surface area contributed by atoms with Crippen LogP contribution in [0.15, 0.2) is 48.5 Å². The van der Waals surface area contributed by atoms with Crippen LogP contribution in [0.5, 0.6) is 0 Å². The Morgan fingerprint density at radius 1 is 1.05 bits per heavy atom. The number of hydrogen-bond acceptors (Lipinski definition) is 1. The fraction of sp³-hybridized carbons (Fsp3) is 0.294. The number of rotatable bonds is 4. The molecule has 3 rings (SSSR count). The third-order valence-electron chi connectivity index (χ3n) is 4.14. The second-order valence-electron chi connectivity index (χ2n) is 5.45. The Hall–Kier alpha value is -1.67. The van der Waals surface area contributed by atoms with Gasteiger partial charge < -0.3 is 5.73 Å². The summed E-state index contributed by atoms with van der Waals surface area (Å²) in [7, 11) is 0. The fourth-order valence-electron chi connectivity index (χ4n) is 2.63. The van der Waals surface area contributed by atoms with Gasteiger partial charge in [0.25, 0.3) is 0 Å². The van der Waals surface area contributed by atoms with Crippen LogP contribution in [0.1, 0.15) is 29.5 Å². The predicted octanol–water partition coefficient (Wildman–Crippen LogP) is 3.41. The molecule has 0 atom stereocenters. The molecule has 0 amide bonds. The maximum absolute atomic E-state index is 13.7. The van der Waals surface area contributed by atoms with Crippen LogP contribution in [0.4, 0.5) is 4.39 Å². The Morgan fingerprint density at radius 2 is 1.84 bits per heavy atom. The zero-order valence-electron chi connectivity index (χ0n) is 10.9. The van der Waals surface area contributed by atoms with E-state index in [2.05, 4.69) is 24.3 Å². The highest BCUT2D eigenvalue weighted by atomic mass is 19.1. The molecule has 1 nitrogen and oxygen atoms in total. The maximum Gasteiger partial charge on any atom is 0.126 e. The summed E-state index contributed by atoms with van der Waals surface area (Å²) in [5, 5.41) is 0. The van der Waals surface area contributed by atoms with E-state index in [1.807, 2.05) is 12.1 Å². The van der Waals surface area contributed by atoms with Gasteiger partial charge in [-0.25, -0.2) is 4.39 Å². The molecular weight excluding hydrogens is 237 g/mol. The first-order chi connectivity index (χ1) is 9.23. The Bertz CT molecular complexity index is 587. The van der Waals surface area contributed by atoms with Crippen molar-refractivity contribution in [2.24, 2.45) is 5.73 Å². The largest absolute Gasteiger partial charge is 0.330 e. The van der Waals surface area contributed by atoms with Crippen molar-refractivity contribution in [1.29, 1.82) is 0 Å². The van der Waals surface area contributed by atoms with Gasteiger partial charge in [0.1, 0.15) is 5.82 Å². The molecule has 1 aliphatic rings. The summed E-state index contributed by atoms with van der Waals surface area (Å²) in [6.07, 6.45) is 2.99. The van der Waals surface area contributed by atoms with E-state index in [-0.39, 0.29) is 11.2 Å². The van der Waals surface area contributed by atoms with Gasteiger partial charge in [0.05, 0.1) is 0 Å². The van der Waals surface area contributed by atoms with Crippen LogP contribution in [0.2, 0.25) is 0 Å². The second kappa shape index (κ2) is 4.78. The van der Waals surface area contributed by atoms with Gasteiger partial charge in [0.2, 0.25) is 0 Å². The molecule has 2 aromatic rings. The topological polar surface area (TPSA) is 26.0 Å². The van der Waals surface area contributed by atoms with Crippen molar-refractivity contribution in [1.82, 2.24) is 0 Å². The zero-order valence-corrected chi connectivity index (χ0v) is 10.9. The third kappa shape index (κ3) is 2.41. The first-order valence-electron chi connectivity index (χ1n) is 6.76. The predicted molar refractivity (Wildman–Crippen MR) is 75.6 cm³/mol. The first kappa shape index (κ1) is 12.4. The lowest BCUT2D eigenvalue weighted by molar-refractivity contribution is 0.614. The van der Waals surface area contributed by atoms with Crippen LogP contribution >= 0.6 is 0 Å². The van der Waals surface area contributed by atoms with Gasteiger partial charge in [-0.2, -0.15) is 0 Å². The standard InChI is InChI=1S/C17H18FN/c18-16-7-2-1-5-14(16)10-13-4-3-6-15(11-13)17(12-19)8-9-17/h1-7,11H,8-10,12,19H2. The summed E-state index contributed by atoms with van der Waals surface area (Å²) in [4.78, 5) is 0. The molecule has 1 fully saturated rings. The average molecular weight is 255 g/mol. The summed E-state index contributed by atoms with van der Waals surface area (Å²) in [6, 6.07) is 15.4. The van der Waals surface area contributed by atoms with Gasteiger partial charge in [-0.1, -0.05) is 42.5 Å². The van der Waals surface area contributed by atoms with Gasteiger partial charge in [0.15, 0.2) is 0 Å². The molecule has 1 saturated carbocycles. The SMILES string of the molecule is NCC1(c2cccc(Cc3ccccc3F)c2)CC1. The number of benzene rings is 2. The molecule has 0 heterocycles. The smallest absolute Gasteiger partial charge is 0.126 e. The molecule has 2 heteroatoms. The van der Waals surface area contributed by atoms with Crippen molar-refractivity contribution in [3.63, 3.8) is 0 Å². The van der Waals surface area contributed by atoms with Crippen molar-refractivity contribution in [2.45, 2.75) is 24.7 Å². The highest BCUT2D eigenvalue weighted by Gasteiger charge is 2.42. The van der Waals surface area contributed by atoms with E-state index in [0.717, 1.165) is 11.1 Å². The highest BCUT2D eigenvalue weighted by molar-refractivity contribution is 5.37. The molecule has 0 saturated heterocycles. The van der Waals surface area contributed by atoms with Gasteiger partial charge in [-0.3, -0.25) is 0 Å². The highest BCUT2D eigenvalue weighted by Crippen LogP contribution is 2.47. The number of hydrogen-bond donors (Lipinski definition) is 1. The summed E-state index contributed by atoms with van der Waals surface area (Å²) < 4.78 is 13.7. The molecule has 19 heavy (non-hydrogen) atoms. The van der Waals surface area contributed by atoms with E-state index in [1.54, 1.807) is 6.07 Å². The Balaban J connectivity index is 1.86. The van der Waals surface area contributed by atoms with Crippen LogP contribution in [0.3, 0.4) is 0 Å². The van der Waals surface area contributed by atoms with Gasteiger partial charge in [-0.15, -0.1) is 0 Å². The third-order valence-corrected chi connectivity index (χ3v) is 4.14. The van der Waals surface area contributed by atoms with Crippen LogP contribution in [0, 0.1) is 5.82 Å². The quantitative estimate of drug-likeness (QED) is 0.890. The van der Waals surface area contributed by atoms with Crippen molar-refractivity contribution in [2.75, 3.05) is 6.54 Å². The first-order valence-corrected chi connectivity index (χ1v) is 6.76. The Morgan fingerprint density at radius 3 is 2.53 bits per heavy atom. The van der Waals surface area contributed by atoms with E-state index in [4.69, 9.17) is 5.73 Å². The number of nitrogens with two attached hydrogens (primary N) is 1. The van der Waals surface area contributed by atoms with E-state index in [0.29, 0.717) is 13.0 Å². The van der Waals surface area contributed by atoms with Crippen LogP contribution in [-0.4, -0.2) is 6.54 Å². The molecule has 0 unspecified atom stereocenters. The van der Waals surface area contributed by atoms with E-state index >= 15 is 0 Å². The fourth-order valence-corrected chi connectivity index (χ4v) is 2.63. The summed E-state index contributed by atoms with van der Waals surface area (Å²) >= 11 is 0. The molecule has 0 aliphatic heterocycles. The molecule has 0 spiro atoms. The van der Waals surface area contributed by atoms with Gasteiger partial charge in [0, 0.05) is 18.4 Å². The van der Waals surface area contributed by atoms with Crippen LogP contribution in [-0.2, 0) is 11.8 Å². The molecular formula is C17H18FN. The van der Waals surface area contributed by atoms with Crippen LogP contribution in [0.25, 0.3) is 0 Å². The minimum absolute atomic E-state index is 0.132. The summed E-state index contributed by atoms with van der Waals surface area (Å²) in [6.45, 7) is 0.705. The molecule has 2 N–H and O–H groups in total. The lowest BCUT2D eigenvalue weighted by atomic mass is 9.93. The van der Waals surface area contributed by atoms with E-state index < -0.39 is 0 Å². The summed E-state index contributed by atoms with van der Waals surface area (Å²) in [5.41, 5.74) is 9.28. The Kier molecular flexibility index (Phi) is 3.11. The monoisotopic (exact) mass is 255 g/mol. The van der Waals surface area contributed by atoms with Gasteiger partial charge in [-0.05, 0) is 35.6 Å². The normalized spacial score (nSPS) is 16.3. The van der Waals surface area contributed by atoms with Crippen molar-refractivity contribution >= 4 is 0 Å². The minimum Gasteiger partial charge on any atom is -0.330 e. The molecule has 0 bridgehead atoms. The van der Waals surface area contributed by atoms with E-state index in [1.165, 1.54) is 24.5 Å². The van der Waals surface area contributed by atoms with Crippen molar-refractivity contribution in [3.05, 3.63) is 71.0 Å². The van der Waals surface area contributed by atoms with Crippen molar-refractivity contribution in [3.8, 4) is 0 Å². The van der Waals surface area contributed by atoms with Crippen molar-refractivity contribution < 1.29 is 4.39 Å². The lowest BCUT2D eigenvalue weighted by Gasteiger charge is -2.14. The lowest BCUT2D eigenvalue weighted by Crippen LogP contribution is -2.19. The molecule has 1 aliphatic carbocycles. The van der Waals surface area contributed by atoms with E-state index in [9.17, 15) is 4.39 Å². The summed E-state index contributed by atoms with van der Waals surface area (Å²) in [5.74, 6) is -0.132. The molecule has 2 aromatic carbocycles. The maximum atomic E-state index is 13.7.